The minimum Gasteiger partial charge on any atom is -0.344 e. The average Bonchev–Trinajstić information content (AvgIpc) is 3.02. The minimum absolute atomic E-state index is 0.0542. The third kappa shape index (κ3) is 5.24. The largest absolute Gasteiger partial charge is 0.344 e. The molecule has 3 amide bonds. The van der Waals surface area contributed by atoms with Crippen molar-refractivity contribution in [2.75, 3.05) is 26.0 Å². The standard InChI is InChI=1S/C21H25ClN4O2/c1-25-12-11-19(20(25)27)26(2)14-16-5-9-18(10-6-16)24-21(28)23-13-15-3-7-17(22)8-4-15/h3-10,19H,11-14H2,1-2H3,(H2,23,24,28)/t19-/m1/s1. The van der Waals surface area contributed by atoms with Gasteiger partial charge in [0, 0.05) is 37.4 Å². The van der Waals surface area contributed by atoms with E-state index in [1.807, 2.05) is 50.5 Å². The van der Waals surface area contributed by atoms with Gasteiger partial charge < -0.3 is 15.5 Å². The summed E-state index contributed by atoms with van der Waals surface area (Å²) < 4.78 is 0. The molecule has 2 aromatic carbocycles. The van der Waals surface area contributed by atoms with Gasteiger partial charge in [0.25, 0.3) is 0 Å². The normalized spacial score (nSPS) is 16.5. The molecule has 1 atom stereocenters. The Balaban J connectivity index is 1.47. The highest BCUT2D eigenvalue weighted by atomic mass is 35.5. The average molecular weight is 401 g/mol. The van der Waals surface area contributed by atoms with Crippen molar-refractivity contribution in [3.63, 3.8) is 0 Å². The number of anilines is 1. The Morgan fingerprint density at radius 3 is 2.39 bits per heavy atom. The van der Waals surface area contributed by atoms with Crippen molar-refractivity contribution < 1.29 is 9.59 Å². The van der Waals surface area contributed by atoms with Crippen LogP contribution in [0.15, 0.2) is 48.5 Å². The van der Waals surface area contributed by atoms with E-state index in [0.29, 0.717) is 18.1 Å². The molecule has 3 rings (SSSR count). The lowest BCUT2D eigenvalue weighted by molar-refractivity contribution is -0.130. The molecular weight excluding hydrogens is 376 g/mol. The van der Waals surface area contributed by atoms with Crippen molar-refractivity contribution in [1.82, 2.24) is 15.1 Å². The molecule has 7 heteroatoms. The SMILES string of the molecule is CN1CC[C@@H](N(C)Cc2ccc(NC(=O)NCc3ccc(Cl)cc3)cc2)C1=O. The van der Waals surface area contributed by atoms with Crippen LogP contribution in [0.3, 0.4) is 0 Å². The number of rotatable bonds is 6. The van der Waals surface area contributed by atoms with Gasteiger partial charge in [-0.2, -0.15) is 0 Å². The summed E-state index contributed by atoms with van der Waals surface area (Å²) in [5, 5.41) is 6.31. The number of nitrogens with zero attached hydrogens (tertiary/aromatic N) is 2. The van der Waals surface area contributed by atoms with Gasteiger partial charge in [0.05, 0.1) is 6.04 Å². The molecule has 1 aliphatic rings. The zero-order valence-corrected chi connectivity index (χ0v) is 16.9. The number of hydrogen-bond donors (Lipinski definition) is 2. The summed E-state index contributed by atoms with van der Waals surface area (Å²) in [4.78, 5) is 28.0. The summed E-state index contributed by atoms with van der Waals surface area (Å²) in [5.74, 6) is 0.179. The Bertz CT molecular complexity index is 823. The number of likely N-dealkylation sites (tertiary alicyclic amines) is 1. The van der Waals surface area contributed by atoms with Crippen LogP contribution in [0.5, 0.6) is 0 Å². The molecule has 2 aromatic rings. The van der Waals surface area contributed by atoms with Crippen LogP contribution in [0.1, 0.15) is 17.5 Å². The lowest BCUT2D eigenvalue weighted by Crippen LogP contribution is -2.38. The first kappa shape index (κ1) is 20.2. The molecule has 148 valence electrons. The predicted molar refractivity (Wildman–Crippen MR) is 111 cm³/mol. The molecule has 0 aliphatic carbocycles. The van der Waals surface area contributed by atoms with E-state index in [2.05, 4.69) is 15.5 Å². The molecule has 0 bridgehead atoms. The summed E-state index contributed by atoms with van der Waals surface area (Å²) in [7, 11) is 3.81. The highest BCUT2D eigenvalue weighted by molar-refractivity contribution is 6.30. The van der Waals surface area contributed by atoms with Gasteiger partial charge in [-0.15, -0.1) is 0 Å². The zero-order chi connectivity index (χ0) is 20.1. The van der Waals surface area contributed by atoms with Crippen molar-refractivity contribution in [2.24, 2.45) is 0 Å². The number of hydrogen-bond acceptors (Lipinski definition) is 3. The van der Waals surface area contributed by atoms with E-state index in [1.54, 1.807) is 17.0 Å². The Labute approximate surface area is 170 Å². The molecule has 0 radical (unpaired) electrons. The Hall–Kier alpha value is -2.57. The van der Waals surface area contributed by atoms with E-state index in [-0.39, 0.29) is 18.0 Å². The third-order valence-corrected chi connectivity index (χ3v) is 5.19. The molecular formula is C21H25ClN4O2. The fourth-order valence-corrected chi connectivity index (χ4v) is 3.39. The second kappa shape index (κ2) is 9.08. The Kier molecular flexibility index (Phi) is 6.54. The van der Waals surface area contributed by atoms with Crippen LogP contribution >= 0.6 is 11.6 Å². The van der Waals surface area contributed by atoms with Gasteiger partial charge in [0.2, 0.25) is 5.91 Å². The van der Waals surface area contributed by atoms with Crippen LogP contribution in [0.25, 0.3) is 0 Å². The van der Waals surface area contributed by atoms with Crippen LogP contribution in [0.4, 0.5) is 10.5 Å². The smallest absolute Gasteiger partial charge is 0.319 e. The van der Waals surface area contributed by atoms with E-state index in [4.69, 9.17) is 11.6 Å². The maximum absolute atomic E-state index is 12.1. The van der Waals surface area contributed by atoms with Crippen molar-refractivity contribution in [1.29, 1.82) is 0 Å². The predicted octanol–water partition coefficient (Wildman–Crippen LogP) is 3.32. The summed E-state index contributed by atoms with van der Waals surface area (Å²) in [6, 6.07) is 14.7. The number of benzene rings is 2. The van der Waals surface area contributed by atoms with Crippen LogP contribution in [0.2, 0.25) is 5.02 Å². The number of amides is 3. The number of halogens is 1. The first-order valence-electron chi connectivity index (χ1n) is 9.26. The number of nitrogens with one attached hydrogen (secondary N) is 2. The summed E-state index contributed by atoms with van der Waals surface area (Å²) in [6.45, 7) is 1.92. The Morgan fingerprint density at radius 2 is 1.79 bits per heavy atom. The quantitative estimate of drug-likeness (QED) is 0.781. The molecule has 0 saturated carbocycles. The van der Waals surface area contributed by atoms with Gasteiger partial charge >= 0.3 is 6.03 Å². The maximum Gasteiger partial charge on any atom is 0.319 e. The first-order valence-corrected chi connectivity index (χ1v) is 9.63. The van der Waals surface area contributed by atoms with Crippen LogP contribution in [-0.4, -0.2) is 48.4 Å². The van der Waals surface area contributed by atoms with E-state index in [9.17, 15) is 9.59 Å². The lowest BCUT2D eigenvalue weighted by Gasteiger charge is -2.23. The summed E-state index contributed by atoms with van der Waals surface area (Å²) in [6.07, 6.45) is 0.860. The third-order valence-electron chi connectivity index (χ3n) is 4.94. The number of carbonyl (C=O) groups is 2. The molecule has 0 aromatic heterocycles. The fraction of sp³-hybridized carbons (Fsp3) is 0.333. The van der Waals surface area contributed by atoms with E-state index >= 15 is 0 Å². The highest BCUT2D eigenvalue weighted by Crippen LogP contribution is 2.18. The van der Waals surface area contributed by atoms with Gasteiger partial charge in [0.1, 0.15) is 0 Å². The molecule has 0 spiro atoms. The summed E-state index contributed by atoms with van der Waals surface area (Å²) in [5.41, 5.74) is 2.79. The van der Waals surface area contributed by atoms with Gasteiger partial charge in [-0.1, -0.05) is 35.9 Å². The first-order chi connectivity index (χ1) is 13.4. The molecule has 1 fully saturated rings. The molecule has 1 saturated heterocycles. The number of urea groups is 1. The fourth-order valence-electron chi connectivity index (χ4n) is 3.26. The van der Waals surface area contributed by atoms with Crippen LogP contribution in [-0.2, 0) is 17.9 Å². The van der Waals surface area contributed by atoms with E-state index in [0.717, 1.165) is 29.8 Å². The molecule has 0 unspecified atom stereocenters. The second-order valence-electron chi connectivity index (χ2n) is 7.11. The van der Waals surface area contributed by atoms with Crippen molar-refractivity contribution in [2.45, 2.75) is 25.6 Å². The second-order valence-corrected chi connectivity index (χ2v) is 7.55. The molecule has 1 aliphatic heterocycles. The molecule has 2 N–H and O–H groups in total. The molecule has 6 nitrogen and oxygen atoms in total. The van der Waals surface area contributed by atoms with Crippen LogP contribution in [0, 0.1) is 0 Å². The molecule has 28 heavy (non-hydrogen) atoms. The van der Waals surface area contributed by atoms with Gasteiger partial charge in [-0.25, -0.2) is 4.79 Å². The summed E-state index contributed by atoms with van der Waals surface area (Å²) >= 11 is 5.85. The van der Waals surface area contributed by atoms with Crippen molar-refractivity contribution in [3.05, 3.63) is 64.7 Å². The van der Waals surface area contributed by atoms with Gasteiger partial charge in [-0.05, 0) is 48.9 Å². The van der Waals surface area contributed by atoms with Gasteiger partial charge in [-0.3, -0.25) is 9.69 Å². The number of carbonyl (C=O) groups excluding carboxylic acids is 2. The zero-order valence-electron chi connectivity index (χ0n) is 16.1. The number of likely N-dealkylation sites (N-methyl/N-ethyl adjacent to an activating group) is 2. The van der Waals surface area contributed by atoms with E-state index < -0.39 is 0 Å². The highest BCUT2D eigenvalue weighted by Gasteiger charge is 2.31. The van der Waals surface area contributed by atoms with Gasteiger partial charge in [0.15, 0.2) is 0 Å². The van der Waals surface area contributed by atoms with Crippen molar-refractivity contribution >= 4 is 29.2 Å². The lowest BCUT2D eigenvalue weighted by atomic mass is 10.1. The van der Waals surface area contributed by atoms with E-state index in [1.165, 1.54) is 0 Å². The Morgan fingerprint density at radius 1 is 1.14 bits per heavy atom. The monoisotopic (exact) mass is 400 g/mol. The van der Waals surface area contributed by atoms with Crippen molar-refractivity contribution in [3.8, 4) is 0 Å². The maximum atomic E-state index is 12.1. The van der Waals surface area contributed by atoms with Crippen LogP contribution < -0.4 is 10.6 Å². The topological polar surface area (TPSA) is 64.7 Å². The minimum atomic E-state index is -0.264. The molecule has 1 heterocycles.